The van der Waals surface area contributed by atoms with Gasteiger partial charge in [0.2, 0.25) is 5.09 Å². The van der Waals surface area contributed by atoms with Gasteiger partial charge in [0.25, 0.3) is 10.0 Å². The van der Waals surface area contributed by atoms with Crippen molar-refractivity contribution in [2.75, 3.05) is 13.1 Å². The van der Waals surface area contributed by atoms with Gasteiger partial charge in [-0.1, -0.05) is 13.8 Å². The van der Waals surface area contributed by atoms with Crippen LogP contribution >= 0.6 is 0 Å². The summed E-state index contributed by atoms with van der Waals surface area (Å²) < 4.78 is 31.9. The van der Waals surface area contributed by atoms with Crippen LogP contribution < -0.4 is 5.73 Å². The molecule has 1 atom stereocenters. The highest BCUT2D eigenvalue weighted by molar-refractivity contribution is 7.89. The largest absolute Gasteiger partial charge is 0.447 e. The summed E-state index contributed by atoms with van der Waals surface area (Å²) in [7, 11) is -3.51. The maximum Gasteiger partial charge on any atom is 0.276 e. The van der Waals surface area contributed by atoms with Crippen LogP contribution in [0.4, 0.5) is 0 Å². The molecule has 1 aromatic heterocycles. The molecule has 1 aliphatic heterocycles. The Bertz CT molecular complexity index is 536. The molecule has 2 rings (SSSR count). The Morgan fingerprint density at radius 2 is 2.10 bits per heavy atom. The molecule has 1 aliphatic rings. The first-order chi connectivity index (χ1) is 9.45. The minimum atomic E-state index is -3.51. The molecule has 6 heteroatoms. The summed E-state index contributed by atoms with van der Waals surface area (Å²) >= 11 is 0. The van der Waals surface area contributed by atoms with Gasteiger partial charge < -0.3 is 10.2 Å². The maximum atomic E-state index is 12.5. The monoisotopic (exact) mass is 300 g/mol. The fourth-order valence-corrected chi connectivity index (χ4v) is 4.16. The first-order valence-corrected chi connectivity index (χ1v) is 8.68. The number of furan rings is 1. The van der Waals surface area contributed by atoms with E-state index in [0.717, 1.165) is 19.3 Å². The summed E-state index contributed by atoms with van der Waals surface area (Å²) in [5, 5.41) is 0.0148. The summed E-state index contributed by atoms with van der Waals surface area (Å²) in [6.45, 7) is 5.77. The van der Waals surface area contributed by atoms with E-state index >= 15 is 0 Å². The van der Waals surface area contributed by atoms with Crippen molar-refractivity contribution < 1.29 is 12.8 Å². The fourth-order valence-electron chi connectivity index (χ4n) is 2.74. The third-order valence-corrected chi connectivity index (χ3v) is 5.88. The number of hydrogen-bond acceptors (Lipinski definition) is 4. The van der Waals surface area contributed by atoms with Crippen LogP contribution in [-0.4, -0.2) is 25.8 Å². The van der Waals surface area contributed by atoms with Crippen LogP contribution in [0.1, 0.15) is 38.9 Å². The van der Waals surface area contributed by atoms with Crippen molar-refractivity contribution in [3.05, 3.63) is 17.9 Å². The van der Waals surface area contributed by atoms with Gasteiger partial charge in [0.1, 0.15) is 5.76 Å². The molecule has 1 fully saturated rings. The molecule has 0 bridgehead atoms. The van der Waals surface area contributed by atoms with E-state index in [9.17, 15) is 8.42 Å². The lowest BCUT2D eigenvalue weighted by atomic mass is 9.89. The standard InChI is InChI=1S/C14H24N2O3S/c1-11(2)12-4-3-8-16(9-7-12)20(17,18)14-6-5-13(10-15)19-14/h5-6,11-12H,3-4,7-10,15H2,1-2H3. The topological polar surface area (TPSA) is 76.5 Å². The molecule has 1 aromatic rings. The summed E-state index contributed by atoms with van der Waals surface area (Å²) in [6.07, 6.45) is 2.92. The second kappa shape index (κ2) is 6.28. The van der Waals surface area contributed by atoms with E-state index < -0.39 is 10.0 Å². The van der Waals surface area contributed by atoms with Crippen LogP contribution in [0.5, 0.6) is 0 Å². The average molecular weight is 300 g/mol. The fraction of sp³-hybridized carbons (Fsp3) is 0.714. The predicted octanol–water partition coefficient (Wildman–Crippen LogP) is 2.19. The molecule has 114 valence electrons. The van der Waals surface area contributed by atoms with E-state index in [0.29, 0.717) is 30.7 Å². The quantitative estimate of drug-likeness (QED) is 0.924. The molecule has 2 N–H and O–H groups in total. The Kier molecular flexibility index (Phi) is 4.88. The van der Waals surface area contributed by atoms with Crippen molar-refractivity contribution in [3.63, 3.8) is 0 Å². The molecule has 0 amide bonds. The normalized spacial score (nSPS) is 22.1. The SMILES string of the molecule is CC(C)C1CCCN(S(=O)(=O)c2ccc(CN)o2)CC1. The number of nitrogens with two attached hydrogens (primary N) is 1. The zero-order valence-electron chi connectivity index (χ0n) is 12.2. The van der Waals surface area contributed by atoms with Gasteiger partial charge >= 0.3 is 0 Å². The van der Waals surface area contributed by atoms with Gasteiger partial charge in [-0.3, -0.25) is 0 Å². The zero-order chi connectivity index (χ0) is 14.8. The van der Waals surface area contributed by atoms with Gasteiger partial charge in [0.05, 0.1) is 6.54 Å². The molecular formula is C14H24N2O3S. The summed E-state index contributed by atoms with van der Waals surface area (Å²) in [5.74, 6) is 1.70. The van der Waals surface area contributed by atoms with Crippen LogP contribution in [0.2, 0.25) is 0 Å². The number of sulfonamides is 1. The Hall–Kier alpha value is -0.850. The number of hydrogen-bond donors (Lipinski definition) is 1. The molecule has 0 aliphatic carbocycles. The summed E-state index contributed by atoms with van der Waals surface area (Å²) in [6, 6.07) is 3.13. The van der Waals surface area contributed by atoms with Gasteiger partial charge in [-0.05, 0) is 43.2 Å². The smallest absolute Gasteiger partial charge is 0.276 e. The second-order valence-electron chi connectivity index (χ2n) is 5.76. The highest BCUT2D eigenvalue weighted by Crippen LogP contribution is 2.28. The van der Waals surface area contributed by atoms with E-state index in [-0.39, 0.29) is 11.6 Å². The molecule has 0 radical (unpaired) electrons. The molecule has 1 saturated heterocycles. The molecule has 0 saturated carbocycles. The summed E-state index contributed by atoms with van der Waals surface area (Å²) in [4.78, 5) is 0. The van der Waals surface area contributed by atoms with Crippen LogP contribution in [0, 0.1) is 11.8 Å². The second-order valence-corrected chi connectivity index (χ2v) is 7.63. The van der Waals surface area contributed by atoms with E-state index in [1.807, 2.05) is 0 Å². The Morgan fingerprint density at radius 1 is 1.35 bits per heavy atom. The highest BCUT2D eigenvalue weighted by atomic mass is 32.2. The van der Waals surface area contributed by atoms with E-state index in [1.165, 1.54) is 6.07 Å². The third-order valence-electron chi connectivity index (χ3n) is 4.11. The predicted molar refractivity (Wildman–Crippen MR) is 77.5 cm³/mol. The van der Waals surface area contributed by atoms with Crippen molar-refractivity contribution in [2.45, 2.75) is 44.7 Å². The van der Waals surface area contributed by atoms with Crippen molar-refractivity contribution in [1.82, 2.24) is 4.31 Å². The number of nitrogens with zero attached hydrogens (tertiary/aromatic N) is 1. The van der Waals surface area contributed by atoms with Crippen LogP contribution in [0.25, 0.3) is 0 Å². The minimum Gasteiger partial charge on any atom is -0.447 e. The highest BCUT2D eigenvalue weighted by Gasteiger charge is 2.30. The lowest BCUT2D eigenvalue weighted by Crippen LogP contribution is -2.32. The van der Waals surface area contributed by atoms with E-state index in [2.05, 4.69) is 13.8 Å². The lowest BCUT2D eigenvalue weighted by molar-refractivity contribution is 0.336. The van der Waals surface area contributed by atoms with Gasteiger partial charge in [0, 0.05) is 13.1 Å². The Morgan fingerprint density at radius 3 is 2.70 bits per heavy atom. The Labute approximate surface area is 121 Å². The maximum absolute atomic E-state index is 12.5. The van der Waals surface area contributed by atoms with Gasteiger partial charge in [0.15, 0.2) is 0 Å². The third kappa shape index (κ3) is 3.24. The first-order valence-electron chi connectivity index (χ1n) is 7.24. The molecule has 0 aromatic carbocycles. The van der Waals surface area contributed by atoms with Crippen molar-refractivity contribution in [2.24, 2.45) is 17.6 Å². The molecule has 20 heavy (non-hydrogen) atoms. The average Bonchev–Trinajstić information content (AvgIpc) is 2.75. The molecule has 1 unspecified atom stereocenters. The van der Waals surface area contributed by atoms with Crippen LogP contribution in [0.15, 0.2) is 21.6 Å². The summed E-state index contributed by atoms with van der Waals surface area (Å²) in [5.41, 5.74) is 5.46. The van der Waals surface area contributed by atoms with Gasteiger partial charge in [-0.25, -0.2) is 8.42 Å². The molecular weight excluding hydrogens is 276 g/mol. The van der Waals surface area contributed by atoms with E-state index in [4.69, 9.17) is 10.2 Å². The van der Waals surface area contributed by atoms with Crippen LogP contribution in [0.3, 0.4) is 0 Å². The molecule has 0 spiro atoms. The molecule has 2 heterocycles. The Balaban J connectivity index is 2.13. The number of rotatable bonds is 4. The van der Waals surface area contributed by atoms with Crippen molar-refractivity contribution in [1.29, 1.82) is 0 Å². The van der Waals surface area contributed by atoms with Crippen molar-refractivity contribution in [3.8, 4) is 0 Å². The van der Waals surface area contributed by atoms with Gasteiger partial charge in [-0.2, -0.15) is 4.31 Å². The first kappa shape index (κ1) is 15.5. The molecule has 5 nitrogen and oxygen atoms in total. The van der Waals surface area contributed by atoms with Crippen molar-refractivity contribution >= 4 is 10.0 Å². The lowest BCUT2D eigenvalue weighted by Gasteiger charge is -2.20. The van der Waals surface area contributed by atoms with Gasteiger partial charge in [-0.15, -0.1) is 0 Å². The minimum absolute atomic E-state index is 0.0148. The zero-order valence-corrected chi connectivity index (χ0v) is 13.0. The van der Waals surface area contributed by atoms with E-state index in [1.54, 1.807) is 10.4 Å². The van der Waals surface area contributed by atoms with Crippen LogP contribution in [-0.2, 0) is 16.6 Å².